The normalized spacial score (nSPS) is 25.4. The number of ether oxygens (including phenoxy) is 1. The molecule has 1 aliphatic heterocycles. The zero-order valence-corrected chi connectivity index (χ0v) is 7.95. The summed E-state index contributed by atoms with van der Waals surface area (Å²) >= 11 is 1.99. The summed E-state index contributed by atoms with van der Waals surface area (Å²) in [7, 11) is 0. The van der Waals surface area contributed by atoms with Gasteiger partial charge in [-0.25, -0.2) is 0 Å². The molecular weight excluding hydrogens is 158 g/mol. The second kappa shape index (κ2) is 5.86. The lowest BCUT2D eigenvalue weighted by atomic mass is 10.3. The van der Waals surface area contributed by atoms with Crippen LogP contribution in [0, 0.1) is 0 Å². The fourth-order valence-electron chi connectivity index (χ4n) is 1.09. The van der Waals surface area contributed by atoms with Crippen molar-refractivity contribution >= 4 is 11.8 Å². The van der Waals surface area contributed by atoms with Gasteiger partial charge in [0.1, 0.15) is 0 Å². The third-order valence-corrected chi connectivity index (χ3v) is 2.96. The Hall–Kier alpha value is 0.270. The molecule has 1 atom stereocenters. The van der Waals surface area contributed by atoms with Gasteiger partial charge in [-0.1, -0.05) is 6.92 Å². The van der Waals surface area contributed by atoms with E-state index in [1.807, 2.05) is 11.8 Å². The minimum Gasteiger partial charge on any atom is -0.375 e. The molecular formula is C8H17NOS. The van der Waals surface area contributed by atoms with Gasteiger partial charge in [0.05, 0.1) is 12.7 Å². The van der Waals surface area contributed by atoms with Crippen molar-refractivity contribution in [2.24, 2.45) is 0 Å². The van der Waals surface area contributed by atoms with Crippen molar-refractivity contribution in [3.05, 3.63) is 0 Å². The molecule has 0 amide bonds. The third kappa shape index (κ3) is 3.99. The highest BCUT2D eigenvalue weighted by molar-refractivity contribution is 7.99. The Bertz CT molecular complexity index is 94.1. The molecule has 66 valence electrons. The van der Waals surface area contributed by atoms with Crippen LogP contribution in [-0.4, -0.2) is 37.3 Å². The maximum absolute atomic E-state index is 5.54. The molecule has 0 aliphatic carbocycles. The average molecular weight is 175 g/mol. The van der Waals surface area contributed by atoms with Gasteiger partial charge < -0.3 is 10.1 Å². The van der Waals surface area contributed by atoms with Crippen LogP contribution in [0.5, 0.6) is 0 Å². The van der Waals surface area contributed by atoms with Crippen molar-refractivity contribution in [3.63, 3.8) is 0 Å². The van der Waals surface area contributed by atoms with Gasteiger partial charge in [-0.15, -0.1) is 0 Å². The van der Waals surface area contributed by atoms with E-state index in [1.165, 1.54) is 12.2 Å². The van der Waals surface area contributed by atoms with Gasteiger partial charge in [-0.05, 0) is 12.2 Å². The summed E-state index contributed by atoms with van der Waals surface area (Å²) in [4.78, 5) is 0. The van der Waals surface area contributed by atoms with E-state index < -0.39 is 0 Å². The smallest absolute Gasteiger partial charge is 0.0790 e. The van der Waals surface area contributed by atoms with Crippen molar-refractivity contribution in [3.8, 4) is 0 Å². The van der Waals surface area contributed by atoms with Crippen molar-refractivity contribution in [1.29, 1.82) is 0 Å². The summed E-state index contributed by atoms with van der Waals surface area (Å²) < 4.78 is 5.54. The van der Waals surface area contributed by atoms with E-state index >= 15 is 0 Å². The zero-order chi connectivity index (χ0) is 7.94. The van der Waals surface area contributed by atoms with Gasteiger partial charge in [-0.3, -0.25) is 0 Å². The van der Waals surface area contributed by atoms with E-state index in [1.54, 1.807) is 0 Å². The molecule has 11 heavy (non-hydrogen) atoms. The molecule has 1 heterocycles. The molecule has 0 spiro atoms. The molecule has 1 fully saturated rings. The lowest BCUT2D eigenvalue weighted by Crippen LogP contribution is -2.39. The second-order valence-corrected chi connectivity index (χ2v) is 3.92. The number of rotatable bonds is 4. The van der Waals surface area contributed by atoms with Crippen molar-refractivity contribution in [2.75, 3.05) is 31.2 Å². The van der Waals surface area contributed by atoms with Gasteiger partial charge in [0.2, 0.25) is 0 Å². The molecule has 2 nitrogen and oxygen atoms in total. The number of morpholine rings is 1. The lowest BCUT2D eigenvalue weighted by molar-refractivity contribution is 0.0441. The van der Waals surface area contributed by atoms with E-state index in [0.717, 1.165) is 25.4 Å². The van der Waals surface area contributed by atoms with Gasteiger partial charge in [0.25, 0.3) is 0 Å². The van der Waals surface area contributed by atoms with Crippen LogP contribution in [0.4, 0.5) is 0 Å². The Kier molecular flexibility index (Phi) is 4.99. The highest BCUT2D eigenvalue weighted by atomic mass is 32.2. The standard InChI is InChI=1S/C8H17NOS/c1-2-5-11-7-8-6-9-3-4-10-8/h8-9H,2-7H2,1H3. The first-order valence-corrected chi connectivity index (χ1v) is 5.49. The molecule has 3 heteroatoms. The quantitative estimate of drug-likeness (QED) is 0.647. The molecule has 0 aromatic carbocycles. The van der Waals surface area contributed by atoms with E-state index in [2.05, 4.69) is 12.2 Å². The predicted octanol–water partition coefficient (Wildman–Crippen LogP) is 1.12. The summed E-state index contributed by atoms with van der Waals surface area (Å²) in [6, 6.07) is 0. The summed E-state index contributed by atoms with van der Waals surface area (Å²) in [6.07, 6.45) is 1.73. The number of hydrogen-bond donors (Lipinski definition) is 1. The molecule has 1 aliphatic rings. The zero-order valence-electron chi connectivity index (χ0n) is 7.14. The van der Waals surface area contributed by atoms with E-state index in [0.29, 0.717) is 6.10 Å². The molecule has 0 saturated carbocycles. The topological polar surface area (TPSA) is 21.3 Å². The monoisotopic (exact) mass is 175 g/mol. The van der Waals surface area contributed by atoms with E-state index in [-0.39, 0.29) is 0 Å². The van der Waals surface area contributed by atoms with Crippen molar-refractivity contribution in [2.45, 2.75) is 19.4 Å². The molecule has 0 aromatic rings. The van der Waals surface area contributed by atoms with E-state index in [4.69, 9.17) is 4.74 Å². The average Bonchev–Trinajstić information content (AvgIpc) is 2.07. The fourth-order valence-corrected chi connectivity index (χ4v) is 2.02. The molecule has 1 rings (SSSR count). The Labute approximate surface area is 73.1 Å². The molecule has 0 bridgehead atoms. The van der Waals surface area contributed by atoms with Gasteiger partial charge in [-0.2, -0.15) is 11.8 Å². The summed E-state index contributed by atoms with van der Waals surface area (Å²) in [5.41, 5.74) is 0. The predicted molar refractivity (Wildman–Crippen MR) is 50.2 cm³/mol. The SMILES string of the molecule is CCCSCC1CNCCO1. The highest BCUT2D eigenvalue weighted by Crippen LogP contribution is 2.08. The minimum absolute atomic E-state index is 0.459. The summed E-state index contributed by atoms with van der Waals surface area (Å²) in [6.45, 7) is 5.16. The first kappa shape index (κ1) is 9.36. The molecule has 0 aromatic heterocycles. The summed E-state index contributed by atoms with van der Waals surface area (Å²) in [5, 5.41) is 3.32. The Balaban J connectivity index is 1.96. The second-order valence-electron chi connectivity index (χ2n) is 2.77. The van der Waals surface area contributed by atoms with Crippen LogP contribution in [-0.2, 0) is 4.74 Å². The lowest BCUT2D eigenvalue weighted by Gasteiger charge is -2.23. The van der Waals surface area contributed by atoms with Crippen LogP contribution < -0.4 is 5.32 Å². The number of nitrogens with one attached hydrogen (secondary N) is 1. The maximum Gasteiger partial charge on any atom is 0.0790 e. The Morgan fingerprint density at radius 3 is 3.18 bits per heavy atom. The van der Waals surface area contributed by atoms with Crippen molar-refractivity contribution < 1.29 is 4.74 Å². The van der Waals surface area contributed by atoms with Crippen molar-refractivity contribution in [1.82, 2.24) is 5.32 Å². The van der Waals surface area contributed by atoms with Gasteiger partial charge in [0, 0.05) is 18.8 Å². The van der Waals surface area contributed by atoms with Gasteiger partial charge >= 0.3 is 0 Å². The van der Waals surface area contributed by atoms with E-state index in [9.17, 15) is 0 Å². The van der Waals surface area contributed by atoms with Crippen LogP contribution in [0.2, 0.25) is 0 Å². The maximum atomic E-state index is 5.54. The van der Waals surface area contributed by atoms with Crippen LogP contribution in [0.3, 0.4) is 0 Å². The molecule has 0 radical (unpaired) electrons. The largest absolute Gasteiger partial charge is 0.375 e. The molecule has 1 unspecified atom stereocenters. The summed E-state index contributed by atoms with van der Waals surface area (Å²) in [5.74, 6) is 2.42. The highest BCUT2D eigenvalue weighted by Gasteiger charge is 2.11. The fraction of sp³-hybridized carbons (Fsp3) is 1.00. The van der Waals surface area contributed by atoms with Crippen LogP contribution in [0.1, 0.15) is 13.3 Å². The Morgan fingerprint density at radius 1 is 1.64 bits per heavy atom. The molecule has 1 saturated heterocycles. The Morgan fingerprint density at radius 2 is 2.55 bits per heavy atom. The third-order valence-electron chi connectivity index (χ3n) is 1.66. The van der Waals surface area contributed by atoms with Crippen LogP contribution in [0.25, 0.3) is 0 Å². The van der Waals surface area contributed by atoms with Crippen LogP contribution >= 0.6 is 11.8 Å². The molecule has 1 N–H and O–H groups in total. The first-order chi connectivity index (χ1) is 5.43. The van der Waals surface area contributed by atoms with Gasteiger partial charge in [0.15, 0.2) is 0 Å². The van der Waals surface area contributed by atoms with Crippen LogP contribution in [0.15, 0.2) is 0 Å². The number of hydrogen-bond acceptors (Lipinski definition) is 3. The first-order valence-electron chi connectivity index (χ1n) is 4.33. The minimum atomic E-state index is 0.459. The number of thioether (sulfide) groups is 1.